The summed E-state index contributed by atoms with van der Waals surface area (Å²) < 4.78 is 0. The SMILES string of the molecule is CN(C)CC1CCCN1c1ccc(C=O)cn1. The smallest absolute Gasteiger partial charge is 0.151 e. The standard InChI is InChI=1S/C13H19N3O/c1-15(2)9-12-4-3-7-16(12)13-6-5-11(10-17)8-14-13/h5-6,8,10,12H,3-4,7,9H2,1-2H3. The molecule has 1 atom stereocenters. The fourth-order valence-corrected chi connectivity index (χ4v) is 2.39. The van der Waals surface area contributed by atoms with Crippen LogP contribution in [0.2, 0.25) is 0 Å². The first-order chi connectivity index (χ1) is 8.20. The van der Waals surface area contributed by atoms with Crippen molar-refractivity contribution in [3.05, 3.63) is 23.9 Å². The van der Waals surface area contributed by atoms with E-state index in [1.165, 1.54) is 12.8 Å². The summed E-state index contributed by atoms with van der Waals surface area (Å²) in [7, 11) is 4.19. The number of anilines is 1. The van der Waals surface area contributed by atoms with E-state index in [2.05, 4.69) is 28.9 Å². The van der Waals surface area contributed by atoms with Gasteiger partial charge in [0.05, 0.1) is 0 Å². The molecule has 1 unspecified atom stereocenters. The lowest BCUT2D eigenvalue weighted by Gasteiger charge is -2.28. The first-order valence-corrected chi connectivity index (χ1v) is 6.03. The second kappa shape index (κ2) is 5.27. The molecule has 4 heteroatoms. The fraction of sp³-hybridized carbons (Fsp3) is 0.538. The molecule has 0 radical (unpaired) electrons. The third-order valence-electron chi connectivity index (χ3n) is 3.15. The summed E-state index contributed by atoms with van der Waals surface area (Å²) in [6.45, 7) is 2.11. The van der Waals surface area contributed by atoms with Crippen molar-refractivity contribution < 1.29 is 4.79 Å². The molecule has 2 rings (SSSR count). The number of aldehydes is 1. The van der Waals surface area contributed by atoms with Gasteiger partial charge in [-0.3, -0.25) is 4.79 Å². The van der Waals surface area contributed by atoms with Crippen LogP contribution in [0.15, 0.2) is 18.3 Å². The Labute approximate surface area is 102 Å². The molecule has 1 aliphatic rings. The highest BCUT2D eigenvalue weighted by molar-refractivity contribution is 5.74. The zero-order valence-corrected chi connectivity index (χ0v) is 10.5. The minimum absolute atomic E-state index is 0.541. The summed E-state index contributed by atoms with van der Waals surface area (Å²) in [6, 6.07) is 4.32. The predicted octanol–water partition coefficient (Wildman–Crippen LogP) is 1.42. The Morgan fingerprint density at radius 1 is 1.53 bits per heavy atom. The van der Waals surface area contributed by atoms with Gasteiger partial charge in [0.1, 0.15) is 5.82 Å². The Bertz CT molecular complexity index is 375. The molecule has 1 aromatic heterocycles. The monoisotopic (exact) mass is 233 g/mol. The van der Waals surface area contributed by atoms with Crippen LogP contribution in [0.25, 0.3) is 0 Å². The van der Waals surface area contributed by atoms with Gasteiger partial charge in [-0.1, -0.05) is 0 Å². The van der Waals surface area contributed by atoms with Gasteiger partial charge in [-0.05, 0) is 39.1 Å². The van der Waals surface area contributed by atoms with E-state index in [-0.39, 0.29) is 0 Å². The van der Waals surface area contributed by atoms with Gasteiger partial charge >= 0.3 is 0 Å². The van der Waals surface area contributed by atoms with Gasteiger partial charge in [0.2, 0.25) is 0 Å². The van der Waals surface area contributed by atoms with Gasteiger partial charge < -0.3 is 9.80 Å². The average molecular weight is 233 g/mol. The van der Waals surface area contributed by atoms with Crippen LogP contribution in [0.3, 0.4) is 0 Å². The Morgan fingerprint density at radius 2 is 2.35 bits per heavy atom. The van der Waals surface area contributed by atoms with Gasteiger partial charge in [0.15, 0.2) is 6.29 Å². The molecule has 1 saturated heterocycles. The normalized spacial score (nSPS) is 19.9. The number of hydrogen-bond acceptors (Lipinski definition) is 4. The van der Waals surface area contributed by atoms with Crippen LogP contribution >= 0.6 is 0 Å². The van der Waals surface area contributed by atoms with Crippen molar-refractivity contribution in [1.82, 2.24) is 9.88 Å². The number of carbonyl (C=O) groups excluding carboxylic acids is 1. The van der Waals surface area contributed by atoms with E-state index in [1.54, 1.807) is 6.20 Å². The van der Waals surface area contributed by atoms with Crippen molar-refractivity contribution in [3.63, 3.8) is 0 Å². The molecular weight excluding hydrogens is 214 g/mol. The molecule has 1 aromatic rings. The molecule has 0 spiro atoms. The van der Waals surface area contributed by atoms with Crippen molar-refractivity contribution in [2.45, 2.75) is 18.9 Å². The maximum atomic E-state index is 10.6. The summed E-state index contributed by atoms with van der Waals surface area (Å²) in [4.78, 5) is 19.5. The van der Waals surface area contributed by atoms with E-state index < -0.39 is 0 Å². The Kier molecular flexibility index (Phi) is 3.74. The summed E-state index contributed by atoms with van der Waals surface area (Å²) >= 11 is 0. The summed E-state index contributed by atoms with van der Waals surface area (Å²) in [5.74, 6) is 0.986. The van der Waals surface area contributed by atoms with E-state index in [9.17, 15) is 4.79 Å². The number of nitrogens with zero attached hydrogens (tertiary/aromatic N) is 3. The lowest BCUT2D eigenvalue weighted by atomic mass is 10.2. The summed E-state index contributed by atoms with van der Waals surface area (Å²) in [6.07, 6.45) is 4.91. The third-order valence-corrected chi connectivity index (χ3v) is 3.15. The third kappa shape index (κ3) is 2.82. The molecule has 0 aromatic carbocycles. The van der Waals surface area contributed by atoms with Crippen LogP contribution in [-0.2, 0) is 0 Å². The maximum Gasteiger partial charge on any atom is 0.151 e. The van der Waals surface area contributed by atoms with Gasteiger partial charge in [-0.15, -0.1) is 0 Å². The number of hydrogen-bond donors (Lipinski definition) is 0. The Hall–Kier alpha value is -1.42. The van der Waals surface area contributed by atoms with E-state index >= 15 is 0 Å². The van der Waals surface area contributed by atoms with Gasteiger partial charge in [0, 0.05) is 30.9 Å². The van der Waals surface area contributed by atoms with Crippen molar-refractivity contribution >= 4 is 12.1 Å². The molecule has 0 amide bonds. The molecule has 0 N–H and O–H groups in total. The lowest BCUT2D eigenvalue weighted by molar-refractivity contribution is 0.112. The maximum absolute atomic E-state index is 10.6. The number of pyridine rings is 1. The van der Waals surface area contributed by atoms with Gasteiger partial charge in [-0.2, -0.15) is 0 Å². The molecule has 17 heavy (non-hydrogen) atoms. The van der Waals surface area contributed by atoms with E-state index in [0.717, 1.165) is 25.2 Å². The predicted molar refractivity (Wildman–Crippen MR) is 68.5 cm³/mol. The first-order valence-electron chi connectivity index (χ1n) is 6.03. The Morgan fingerprint density at radius 3 is 2.94 bits per heavy atom. The molecular formula is C13H19N3O. The van der Waals surface area contributed by atoms with Crippen LogP contribution in [0, 0.1) is 0 Å². The molecule has 0 bridgehead atoms. The first kappa shape index (κ1) is 12.0. The topological polar surface area (TPSA) is 36.4 Å². The molecule has 1 fully saturated rings. The van der Waals surface area contributed by atoms with Crippen LogP contribution in [0.1, 0.15) is 23.2 Å². The molecule has 0 aliphatic carbocycles. The van der Waals surface area contributed by atoms with E-state index in [4.69, 9.17) is 0 Å². The average Bonchev–Trinajstić information content (AvgIpc) is 2.76. The second-order valence-corrected chi connectivity index (χ2v) is 4.82. The minimum Gasteiger partial charge on any atom is -0.352 e. The summed E-state index contributed by atoms with van der Waals surface area (Å²) in [5.41, 5.74) is 0.636. The highest BCUT2D eigenvalue weighted by atomic mass is 16.1. The Balaban J connectivity index is 2.11. The molecule has 0 saturated carbocycles. The number of rotatable bonds is 4. The molecule has 4 nitrogen and oxygen atoms in total. The lowest BCUT2D eigenvalue weighted by Crippen LogP contribution is -2.37. The zero-order chi connectivity index (χ0) is 12.3. The van der Waals surface area contributed by atoms with E-state index in [0.29, 0.717) is 11.6 Å². The molecule has 1 aliphatic heterocycles. The van der Waals surface area contributed by atoms with Crippen molar-refractivity contribution in [1.29, 1.82) is 0 Å². The van der Waals surface area contributed by atoms with Gasteiger partial charge in [0.25, 0.3) is 0 Å². The quantitative estimate of drug-likeness (QED) is 0.737. The number of carbonyl (C=O) groups is 1. The molecule has 92 valence electrons. The fourth-order valence-electron chi connectivity index (χ4n) is 2.39. The van der Waals surface area contributed by atoms with Crippen LogP contribution in [0.5, 0.6) is 0 Å². The molecule has 2 heterocycles. The zero-order valence-electron chi connectivity index (χ0n) is 10.5. The van der Waals surface area contributed by atoms with Crippen LogP contribution < -0.4 is 4.90 Å². The summed E-state index contributed by atoms with van der Waals surface area (Å²) in [5, 5.41) is 0. The van der Waals surface area contributed by atoms with Gasteiger partial charge in [-0.25, -0.2) is 4.98 Å². The highest BCUT2D eigenvalue weighted by Crippen LogP contribution is 2.23. The number of aromatic nitrogens is 1. The highest BCUT2D eigenvalue weighted by Gasteiger charge is 2.25. The minimum atomic E-state index is 0.541. The van der Waals surface area contributed by atoms with Crippen molar-refractivity contribution in [2.75, 3.05) is 32.1 Å². The van der Waals surface area contributed by atoms with Crippen molar-refractivity contribution in [3.8, 4) is 0 Å². The van der Waals surface area contributed by atoms with Crippen LogP contribution in [0.4, 0.5) is 5.82 Å². The number of likely N-dealkylation sites (N-methyl/N-ethyl adjacent to an activating group) is 1. The van der Waals surface area contributed by atoms with Crippen LogP contribution in [-0.4, -0.2) is 49.4 Å². The van der Waals surface area contributed by atoms with E-state index in [1.807, 2.05) is 12.1 Å². The largest absolute Gasteiger partial charge is 0.352 e. The second-order valence-electron chi connectivity index (χ2n) is 4.82. The van der Waals surface area contributed by atoms with Crippen molar-refractivity contribution in [2.24, 2.45) is 0 Å².